The van der Waals surface area contributed by atoms with Gasteiger partial charge in [-0.1, -0.05) is 18.2 Å². The van der Waals surface area contributed by atoms with Gasteiger partial charge in [-0.05, 0) is 41.8 Å². The molecule has 0 aliphatic carbocycles. The molecule has 0 spiro atoms. The van der Waals surface area contributed by atoms with Gasteiger partial charge in [-0.15, -0.1) is 11.3 Å². The summed E-state index contributed by atoms with van der Waals surface area (Å²) in [5.74, 6) is 0.226. The van der Waals surface area contributed by atoms with E-state index in [0.717, 1.165) is 32.5 Å². The first-order valence-electron chi connectivity index (χ1n) is 6.44. The quantitative estimate of drug-likeness (QED) is 0.820. The molecule has 3 rings (SSSR count). The second-order valence-corrected chi connectivity index (χ2v) is 5.87. The molecule has 1 atom stereocenters. The Labute approximate surface area is 111 Å². The lowest BCUT2D eigenvalue weighted by Crippen LogP contribution is -2.34. The normalized spacial score (nSPS) is 20.9. The third-order valence-corrected chi connectivity index (χ3v) is 4.66. The molecule has 2 heterocycles. The zero-order chi connectivity index (χ0) is 12.4. The number of nitrogens with zero attached hydrogens (tertiary/aromatic N) is 2. The van der Waals surface area contributed by atoms with Crippen LogP contribution in [0.15, 0.2) is 29.6 Å². The summed E-state index contributed by atoms with van der Waals surface area (Å²) >= 11 is 1.82. The van der Waals surface area contributed by atoms with E-state index in [1.165, 1.54) is 15.6 Å². The minimum atomic E-state index is 0.226. The molecular weight excluding hydrogens is 240 g/mol. The molecule has 1 aromatic heterocycles. The Hall–Kier alpha value is -1.37. The molecule has 18 heavy (non-hydrogen) atoms. The van der Waals surface area contributed by atoms with Gasteiger partial charge in [0.1, 0.15) is 0 Å². The number of benzene rings is 1. The number of hydrogen-bond donors (Lipinski definition) is 0. The van der Waals surface area contributed by atoms with Crippen molar-refractivity contribution in [2.45, 2.75) is 19.4 Å². The molecule has 1 unspecified atom stereocenters. The highest BCUT2D eigenvalue weighted by Gasteiger charge is 2.20. The fourth-order valence-corrected chi connectivity index (χ4v) is 3.65. The van der Waals surface area contributed by atoms with Gasteiger partial charge < -0.3 is 0 Å². The summed E-state index contributed by atoms with van der Waals surface area (Å²) in [5.41, 5.74) is 1.41. The summed E-state index contributed by atoms with van der Waals surface area (Å²) in [5, 5.41) is 12.7. The molecule has 1 saturated heterocycles. The standard InChI is InChI=1S/C15H16N2S/c16-8-12-4-3-7-17(9-12)10-13-11-18-15-6-2-1-5-14(13)15/h1-2,5-6,11-12H,3-4,7,9-10H2. The molecule has 1 aliphatic rings. The van der Waals surface area contributed by atoms with Crippen LogP contribution in [0.1, 0.15) is 18.4 Å². The van der Waals surface area contributed by atoms with Crippen LogP contribution in [-0.2, 0) is 6.54 Å². The number of likely N-dealkylation sites (tertiary alicyclic amines) is 1. The number of hydrogen-bond acceptors (Lipinski definition) is 3. The van der Waals surface area contributed by atoms with Crippen molar-refractivity contribution in [3.63, 3.8) is 0 Å². The molecule has 3 heteroatoms. The van der Waals surface area contributed by atoms with Crippen molar-refractivity contribution in [2.24, 2.45) is 5.92 Å². The van der Waals surface area contributed by atoms with Crippen LogP contribution in [0.2, 0.25) is 0 Å². The number of rotatable bonds is 2. The first-order valence-corrected chi connectivity index (χ1v) is 7.32. The second kappa shape index (κ2) is 5.09. The van der Waals surface area contributed by atoms with Crippen LogP contribution in [-0.4, -0.2) is 18.0 Å². The topological polar surface area (TPSA) is 27.0 Å². The van der Waals surface area contributed by atoms with Crippen LogP contribution in [0.25, 0.3) is 10.1 Å². The monoisotopic (exact) mass is 256 g/mol. The van der Waals surface area contributed by atoms with E-state index in [-0.39, 0.29) is 5.92 Å². The number of piperidine rings is 1. The predicted octanol–water partition coefficient (Wildman–Crippen LogP) is 3.64. The van der Waals surface area contributed by atoms with Gasteiger partial charge in [-0.2, -0.15) is 5.26 Å². The Morgan fingerprint density at radius 3 is 3.17 bits per heavy atom. The van der Waals surface area contributed by atoms with E-state index < -0.39 is 0 Å². The highest BCUT2D eigenvalue weighted by atomic mass is 32.1. The van der Waals surface area contributed by atoms with Crippen LogP contribution in [0.4, 0.5) is 0 Å². The van der Waals surface area contributed by atoms with Crippen molar-refractivity contribution < 1.29 is 0 Å². The minimum absolute atomic E-state index is 0.226. The highest BCUT2D eigenvalue weighted by Crippen LogP contribution is 2.28. The van der Waals surface area contributed by atoms with Crippen LogP contribution in [0, 0.1) is 17.2 Å². The molecule has 92 valence electrons. The third-order valence-electron chi connectivity index (χ3n) is 3.64. The Balaban J connectivity index is 1.78. The summed E-state index contributed by atoms with van der Waals surface area (Å²) in [4.78, 5) is 2.42. The minimum Gasteiger partial charge on any atom is -0.298 e. The maximum Gasteiger partial charge on any atom is 0.0669 e. The number of fused-ring (bicyclic) bond motifs is 1. The van der Waals surface area contributed by atoms with E-state index in [0.29, 0.717) is 0 Å². The van der Waals surface area contributed by atoms with Gasteiger partial charge in [-0.3, -0.25) is 4.90 Å². The maximum atomic E-state index is 9.03. The van der Waals surface area contributed by atoms with Gasteiger partial charge in [-0.25, -0.2) is 0 Å². The molecule has 0 bridgehead atoms. The van der Waals surface area contributed by atoms with Gasteiger partial charge in [0, 0.05) is 17.8 Å². The van der Waals surface area contributed by atoms with E-state index in [4.69, 9.17) is 5.26 Å². The SMILES string of the molecule is N#CC1CCCN(Cc2csc3ccccc23)C1. The van der Waals surface area contributed by atoms with Crippen molar-refractivity contribution >= 4 is 21.4 Å². The van der Waals surface area contributed by atoms with Crippen molar-refractivity contribution in [1.29, 1.82) is 5.26 Å². The summed E-state index contributed by atoms with van der Waals surface area (Å²) in [7, 11) is 0. The lowest BCUT2D eigenvalue weighted by Gasteiger charge is -2.29. The number of thiophene rings is 1. The summed E-state index contributed by atoms with van der Waals surface area (Å²) in [6, 6.07) is 11.0. The van der Waals surface area contributed by atoms with Gasteiger partial charge in [0.05, 0.1) is 12.0 Å². The molecule has 2 nitrogen and oxygen atoms in total. The Morgan fingerprint density at radius 2 is 2.28 bits per heavy atom. The fraction of sp³-hybridized carbons (Fsp3) is 0.400. The Morgan fingerprint density at radius 1 is 1.39 bits per heavy atom. The average Bonchev–Trinajstić information content (AvgIpc) is 2.83. The second-order valence-electron chi connectivity index (χ2n) is 4.96. The van der Waals surface area contributed by atoms with E-state index >= 15 is 0 Å². The molecule has 2 aromatic rings. The van der Waals surface area contributed by atoms with E-state index in [1.807, 2.05) is 11.3 Å². The summed E-state index contributed by atoms with van der Waals surface area (Å²) in [6.45, 7) is 3.05. The molecule has 1 aliphatic heterocycles. The first-order chi connectivity index (χ1) is 8.86. The average molecular weight is 256 g/mol. The molecular formula is C15H16N2S. The van der Waals surface area contributed by atoms with E-state index in [1.54, 1.807) is 0 Å². The lowest BCUT2D eigenvalue weighted by molar-refractivity contribution is 0.193. The van der Waals surface area contributed by atoms with Gasteiger partial charge in [0.15, 0.2) is 0 Å². The maximum absolute atomic E-state index is 9.03. The van der Waals surface area contributed by atoms with Crippen LogP contribution >= 0.6 is 11.3 Å². The smallest absolute Gasteiger partial charge is 0.0669 e. The van der Waals surface area contributed by atoms with E-state index in [2.05, 4.69) is 40.6 Å². The van der Waals surface area contributed by atoms with Gasteiger partial charge >= 0.3 is 0 Å². The van der Waals surface area contributed by atoms with Crippen molar-refractivity contribution in [3.8, 4) is 6.07 Å². The molecule has 1 fully saturated rings. The summed E-state index contributed by atoms with van der Waals surface area (Å²) in [6.07, 6.45) is 2.22. The van der Waals surface area contributed by atoms with Crippen molar-refractivity contribution in [3.05, 3.63) is 35.2 Å². The molecule has 0 saturated carbocycles. The van der Waals surface area contributed by atoms with E-state index in [9.17, 15) is 0 Å². The zero-order valence-corrected chi connectivity index (χ0v) is 11.1. The highest BCUT2D eigenvalue weighted by molar-refractivity contribution is 7.17. The largest absolute Gasteiger partial charge is 0.298 e. The van der Waals surface area contributed by atoms with Crippen LogP contribution < -0.4 is 0 Å². The van der Waals surface area contributed by atoms with Gasteiger partial charge in [0.2, 0.25) is 0 Å². The zero-order valence-electron chi connectivity index (χ0n) is 10.3. The Bertz CT molecular complexity index is 581. The van der Waals surface area contributed by atoms with Crippen LogP contribution in [0.5, 0.6) is 0 Å². The fourth-order valence-electron chi connectivity index (χ4n) is 2.70. The molecule has 0 radical (unpaired) electrons. The molecule has 1 aromatic carbocycles. The summed E-state index contributed by atoms with van der Waals surface area (Å²) < 4.78 is 1.36. The molecule has 0 amide bonds. The first kappa shape index (κ1) is 11.7. The lowest BCUT2D eigenvalue weighted by atomic mass is 9.99. The third kappa shape index (κ3) is 2.27. The van der Waals surface area contributed by atoms with Crippen molar-refractivity contribution in [2.75, 3.05) is 13.1 Å². The Kier molecular flexibility index (Phi) is 3.31. The molecule has 0 N–H and O–H groups in total. The number of nitriles is 1. The van der Waals surface area contributed by atoms with Gasteiger partial charge in [0.25, 0.3) is 0 Å². The predicted molar refractivity (Wildman–Crippen MR) is 75.4 cm³/mol. The van der Waals surface area contributed by atoms with Crippen LogP contribution in [0.3, 0.4) is 0 Å². The van der Waals surface area contributed by atoms with Crippen molar-refractivity contribution in [1.82, 2.24) is 4.90 Å².